The summed E-state index contributed by atoms with van der Waals surface area (Å²) >= 11 is 0. The number of benzene rings is 1. The van der Waals surface area contributed by atoms with E-state index in [9.17, 15) is 14.9 Å². The molecular formula is C11H13N3O3. The molecule has 1 heterocycles. The Morgan fingerprint density at radius 3 is 2.65 bits per heavy atom. The molecule has 1 aliphatic heterocycles. The molecule has 0 aromatic heterocycles. The Balaban J connectivity index is 1.98. The smallest absolute Gasteiger partial charge is 0.269 e. The number of rotatable bonds is 3. The lowest BCUT2D eigenvalue weighted by Crippen LogP contribution is -2.52. The minimum atomic E-state index is -0.423. The fraction of sp³-hybridized carbons (Fsp3) is 0.364. The van der Waals surface area contributed by atoms with Crippen molar-refractivity contribution in [2.75, 3.05) is 13.1 Å². The van der Waals surface area contributed by atoms with Gasteiger partial charge in [-0.05, 0) is 12.0 Å². The van der Waals surface area contributed by atoms with Crippen molar-refractivity contribution in [1.82, 2.24) is 10.6 Å². The van der Waals surface area contributed by atoms with Gasteiger partial charge in [-0.15, -0.1) is 0 Å². The van der Waals surface area contributed by atoms with Gasteiger partial charge in [0.2, 0.25) is 5.91 Å². The number of nitro groups is 1. The van der Waals surface area contributed by atoms with Gasteiger partial charge >= 0.3 is 0 Å². The molecule has 0 spiro atoms. The van der Waals surface area contributed by atoms with E-state index in [1.165, 1.54) is 12.1 Å². The number of nitrogens with one attached hydrogen (secondary N) is 2. The van der Waals surface area contributed by atoms with Gasteiger partial charge in [-0.2, -0.15) is 0 Å². The van der Waals surface area contributed by atoms with E-state index in [1.807, 2.05) is 0 Å². The van der Waals surface area contributed by atoms with Gasteiger partial charge in [-0.3, -0.25) is 14.9 Å². The van der Waals surface area contributed by atoms with E-state index in [-0.39, 0.29) is 17.6 Å². The maximum Gasteiger partial charge on any atom is 0.269 e. The van der Waals surface area contributed by atoms with E-state index in [4.69, 9.17) is 0 Å². The molecule has 17 heavy (non-hydrogen) atoms. The number of non-ortho nitro benzene ring substituents is 1. The third kappa shape index (κ3) is 3.01. The van der Waals surface area contributed by atoms with Crippen molar-refractivity contribution < 1.29 is 9.72 Å². The molecule has 6 heteroatoms. The van der Waals surface area contributed by atoms with Crippen molar-refractivity contribution in [2.45, 2.75) is 12.5 Å². The van der Waals surface area contributed by atoms with Gasteiger partial charge in [-0.1, -0.05) is 12.1 Å². The molecule has 1 fully saturated rings. The lowest BCUT2D eigenvalue weighted by atomic mass is 10.0. The lowest BCUT2D eigenvalue weighted by Gasteiger charge is -2.24. The van der Waals surface area contributed by atoms with Crippen LogP contribution < -0.4 is 10.6 Å². The summed E-state index contributed by atoms with van der Waals surface area (Å²) in [6, 6.07) is 6.45. The Labute approximate surface area is 98.2 Å². The van der Waals surface area contributed by atoms with Crippen molar-refractivity contribution in [3.8, 4) is 0 Å². The number of carbonyl (C=O) groups is 1. The SMILES string of the molecule is O=C1CNCC(Cc2ccc([N+](=O)[O-])cc2)N1. The van der Waals surface area contributed by atoms with Gasteiger partial charge in [0.15, 0.2) is 0 Å². The number of nitrogens with zero attached hydrogens (tertiary/aromatic N) is 1. The van der Waals surface area contributed by atoms with Gasteiger partial charge in [-0.25, -0.2) is 0 Å². The van der Waals surface area contributed by atoms with Crippen molar-refractivity contribution in [3.05, 3.63) is 39.9 Å². The van der Waals surface area contributed by atoms with Crippen LogP contribution in [-0.2, 0) is 11.2 Å². The van der Waals surface area contributed by atoms with Crippen LogP contribution in [0, 0.1) is 10.1 Å². The highest BCUT2D eigenvalue weighted by Crippen LogP contribution is 2.13. The Kier molecular flexibility index (Phi) is 3.34. The highest BCUT2D eigenvalue weighted by Gasteiger charge is 2.17. The van der Waals surface area contributed by atoms with Gasteiger partial charge in [0.1, 0.15) is 0 Å². The average Bonchev–Trinajstić information content (AvgIpc) is 2.29. The summed E-state index contributed by atoms with van der Waals surface area (Å²) in [5, 5.41) is 16.4. The topological polar surface area (TPSA) is 84.3 Å². The average molecular weight is 235 g/mol. The molecule has 1 unspecified atom stereocenters. The Hall–Kier alpha value is -1.95. The molecule has 0 aliphatic carbocycles. The van der Waals surface area contributed by atoms with Gasteiger partial charge in [0, 0.05) is 24.7 Å². The fourth-order valence-corrected chi connectivity index (χ4v) is 1.85. The molecule has 1 aliphatic rings. The van der Waals surface area contributed by atoms with E-state index >= 15 is 0 Å². The summed E-state index contributed by atoms with van der Waals surface area (Å²) in [7, 11) is 0. The molecule has 1 aromatic carbocycles. The molecule has 90 valence electrons. The maximum absolute atomic E-state index is 11.1. The zero-order valence-electron chi connectivity index (χ0n) is 9.18. The van der Waals surface area contributed by atoms with E-state index in [1.54, 1.807) is 12.1 Å². The van der Waals surface area contributed by atoms with Crippen LogP contribution in [0.3, 0.4) is 0 Å². The lowest BCUT2D eigenvalue weighted by molar-refractivity contribution is -0.384. The normalized spacial score (nSPS) is 19.8. The van der Waals surface area contributed by atoms with Crippen LogP contribution in [0.25, 0.3) is 0 Å². The molecule has 0 bridgehead atoms. The molecule has 0 saturated carbocycles. The van der Waals surface area contributed by atoms with E-state index in [0.29, 0.717) is 13.0 Å². The molecule has 2 rings (SSSR count). The zero-order valence-corrected chi connectivity index (χ0v) is 9.18. The largest absolute Gasteiger partial charge is 0.351 e. The number of amides is 1. The van der Waals surface area contributed by atoms with Gasteiger partial charge in [0.25, 0.3) is 5.69 Å². The van der Waals surface area contributed by atoms with Crippen LogP contribution in [-0.4, -0.2) is 30.0 Å². The minimum Gasteiger partial charge on any atom is -0.351 e. The summed E-state index contributed by atoms with van der Waals surface area (Å²) in [5.74, 6) is -0.0110. The predicted molar refractivity (Wildman–Crippen MR) is 61.6 cm³/mol. The number of piperazine rings is 1. The van der Waals surface area contributed by atoms with Gasteiger partial charge < -0.3 is 10.6 Å². The first-order valence-electron chi connectivity index (χ1n) is 5.38. The Bertz CT molecular complexity index is 430. The molecule has 1 atom stereocenters. The van der Waals surface area contributed by atoms with E-state index in [2.05, 4.69) is 10.6 Å². The summed E-state index contributed by atoms with van der Waals surface area (Å²) in [6.07, 6.45) is 0.677. The Morgan fingerprint density at radius 1 is 1.35 bits per heavy atom. The molecule has 0 radical (unpaired) electrons. The Morgan fingerprint density at radius 2 is 2.06 bits per heavy atom. The highest BCUT2D eigenvalue weighted by molar-refractivity contribution is 5.79. The second kappa shape index (κ2) is 4.92. The molecule has 1 amide bonds. The third-order valence-corrected chi connectivity index (χ3v) is 2.67. The van der Waals surface area contributed by atoms with E-state index < -0.39 is 4.92 Å². The summed E-state index contributed by atoms with van der Waals surface area (Å²) < 4.78 is 0. The minimum absolute atomic E-state index is 0.0110. The summed E-state index contributed by atoms with van der Waals surface area (Å²) in [6.45, 7) is 1.08. The first-order chi connectivity index (χ1) is 8.15. The quantitative estimate of drug-likeness (QED) is 0.580. The highest BCUT2D eigenvalue weighted by atomic mass is 16.6. The second-order valence-corrected chi connectivity index (χ2v) is 4.02. The van der Waals surface area contributed by atoms with Crippen LogP contribution >= 0.6 is 0 Å². The first-order valence-corrected chi connectivity index (χ1v) is 5.38. The number of carbonyl (C=O) groups excluding carboxylic acids is 1. The second-order valence-electron chi connectivity index (χ2n) is 4.02. The monoisotopic (exact) mass is 235 g/mol. The summed E-state index contributed by atoms with van der Waals surface area (Å²) in [4.78, 5) is 21.2. The van der Waals surface area contributed by atoms with Crippen LogP contribution in [0.15, 0.2) is 24.3 Å². The third-order valence-electron chi connectivity index (χ3n) is 2.67. The maximum atomic E-state index is 11.1. The van der Waals surface area contributed by atoms with E-state index in [0.717, 1.165) is 12.1 Å². The zero-order chi connectivity index (χ0) is 12.3. The summed E-state index contributed by atoms with van der Waals surface area (Å²) in [5.41, 5.74) is 1.06. The van der Waals surface area contributed by atoms with Crippen molar-refractivity contribution in [2.24, 2.45) is 0 Å². The van der Waals surface area contributed by atoms with Crippen molar-refractivity contribution >= 4 is 11.6 Å². The van der Waals surface area contributed by atoms with Crippen molar-refractivity contribution in [1.29, 1.82) is 0 Å². The van der Waals surface area contributed by atoms with Crippen LogP contribution in [0.1, 0.15) is 5.56 Å². The van der Waals surface area contributed by atoms with Crippen LogP contribution in [0.4, 0.5) is 5.69 Å². The van der Waals surface area contributed by atoms with Crippen LogP contribution in [0.5, 0.6) is 0 Å². The standard InChI is InChI=1S/C11H13N3O3/c15-11-7-12-6-9(13-11)5-8-1-3-10(4-2-8)14(16)17/h1-4,9,12H,5-7H2,(H,13,15). The molecule has 1 saturated heterocycles. The van der Waals surface area contributed by atoms with Gasteiger partial charge in [0.05, 0.1) is 11.5 Å². The predicted octanol–water partition coefficient (Wildman–Crippen LogP) is 0.225. The first kappa shape index (κ1) is 11.5. The number of nitro benzene ring substituents is 1. The van der Waals surface area contributed by atoms with Crippen molar-refractivity contribution in [3.63, 3.8) is 0 Å². The molecule has 1 aromatic rings. The number of hydrogen-bond acceptors (Lipinski definition) is 4. The molecular weight excluding hydrogens is 222 g/mol. The molecule has 2 N–H and O–H groups in total. The van der Waals surface area contributed by atoms with Crippen LogP contribution in [0.2, 0.25) is 0 Å². The molecule has 6 nitrogen and oxygen atoms in total. The number of hydrogen-bond donors (Lipinski definition) is 2. The fourth-order valence-electron chi connectivity index (χ4n) is 1.85.